The normalized spacial score (nSPS) is 12.2. The number of rotatable bonds is 5. The zero-order valence-corrected chi connectivity index (χ0v) is 9.99. The molecule has 0 amide bonds. The van der Waals surface area contributed by atoms with Gasteiger partial charge in [0.25, 0.3) is 0 Å². The van der Waals surface area contributed by atoms with E-state index in [0.29, 0.717) is 0 Å². The summed E-state index contributed by atoms with van der Waals surface area (Å²) >= 11 is 5.87. The third-order valence-electron chi connectivity index (χ3n) is 2.06. The third-order valence-corrected chi connectivity index (χ3v) is 2.33. The second-order valence-corrected chi connectivity index (χ2v) is 3.94. The second kappa shape index (κ2) is 5.70. The highest BCUT2D eigenvalue weighted by Gasteiger charge is 2.11. The molecule has 5 heteroatoms. The molecule has 0 bridgehead atoms. The summed E-state index contributed by atoms with van der Waals surface area (Å²) in [5.41, 5.74) is 0.0560. The highest BCUT2D eigenvalue weighted by molar-refractivity contribution is 6.32. The summed E-state index contributed by atoms with van der Waals surface area (Å²) in [5.74, 6) is -0.768. The number of halogens is 1. The highest BCUT2D eigenvalue weighted by atomic mass is 35.5. The lowest BCUT2D eigenvalue weighted by molar-refractivity contribution is 0.0696. The van der Waals surface area contributed by atoms with Gasteiger partial charge in [-0.15, -0.1) is 0 Å². The molecule has 88 valence electrons. The Morgan fingerprint density at radius 2 is 2.38 bits per heavy atom. The smallest absolute Gasteiger partial charge is 0.337 e. The van der Waals surface area contributed by atoms with E-state index in [1.54, 1.807) is 0 Å². The van der Waals surface area contributed by atoms with Crippen LogP contribution in [0.2, 0.25) is 5.02 Å². The molecule has 0 aromatic carbocycles. The van der Waals surface area contributed by atoms with Crippen LogP contribution >= 0.6 is 11.6 Å². The summed E-state index contributed by atoms with van der Waals surface area (Å²) < 4.78 is 5.48. The highest BCUT2D eigenvalue weighted by Crippen LogP contribution is 2.24. The Bertz CT molecular complexity index is 381. The van der Waals surface area contributed by atoms with E-state index < -0.39 is 5.97 Å². The van der Waals surface area contributed by atoms with Crippen LogP contribution in [0, 0.1) is 0 Å². The van der Waals surface area contributed by atoms with Crippen LogP contribution in [0.4, 0.5) is 0 Å². The lowest BCUT2D eigenvalue weighted by Gasteiger charge is -2.13. The Labute approximate surface area is 99.2 Å². The lowest BCUT2D eigenvalue weighted by atomic mass is 10.2. The predicted octanol–water partition coefficient (Wildman–Crippen LogP) is 3.00. The molecule has 0 aliphatic carbocycles. The monoisotopic (exact) mass is 243 g/mol. The first kappa shape index (κ1) is 12.8. The maximum atomic E-state index is 10.6. The van der Waals surface area contributed by atoms with Crippen molar-refractivity contribution in [3.63, 3.8) is 0 Å². The minimum Gasteiger partial charge on any atom is -0.478 e. The van der Waals surface area contributed by atoms with Crippen molar-refractivity contribution < 1.29 is 14.6 Å². The fourth-order valence-corrected chi connectivity index (χ4v) is 1.50. The van der Waals surface area contributed by atoms with Gasteiger partial charge in [0.1, 0.15) is 5.02 Å². The molecule has 1 rings (SSSR count). The molecule has 0 radical (unpaired) electrons. The Kier molecular flexibility index (Phi) is 4.55. The molecule has 1 unspecified atom stereocenters. The Hall–Kier alpha value is -1.29. The van der Waals surface area contributed by atoms with E-state index in [-0.39, 0.29) is 22.6 Å². The van der Waals surface area contributed by atoms with Gasteiger partial charge in [-0.2, -0.15) is 0 Å². The van der Waals surface area contributed by atoms with Crippen LogP contribution in [0.1, 0.15) is 37.0 Å². The van der Waals surface area contributed by atoms with Crippen LogP contribution in [0.5, 0.6) is 5.88 Å². The molecular formula is C11H14ClNO3. The third kappa shape index (κ3) is 3.38. The fraction of sp³-hybridized carbons (Fsp3) is 0.455. The van der Waals surface area contributed by atoms with Crippen LogP contribution in [-0.2, 0) is 0 Å². The zero-order chi connectivity index (χ0) is 12.1. The molecule has 1 N–H and O–H groups in total. The minimum absolute atomic E-state index is 0.0191. The number of pyridine rings is 1. The van der Waals surface area contributed by atoms with Gasteiger partial charge < -0.3 is 9.84 Å². The largest absolute Gasteiger partial charge is 0.478 e. The Morgan fingerprint density at radius 1 is 1.69 bits per heavy atom. The fourth-order valence-electron chi connectivity index (χ4n) is 1.29. The van der Waals surface area contributed by atoms with Crippen LogP contribution in [0.15, 0.2) is 12.3 Å². The maximum Gasteiger partial charge on any atom is 0.337 e. The van der Waals surface area contributed by atoms with Crippen molar-refractivity contribution in [2.24, 2.45) is 0 Å². The van der Waals surface area contributed by atoms with Gasteiger partial charge in [0.15, 0.2) is 0 Å². The molecule has 0 aliphatic heterocycles. The summed E-state index contributed by atoms with van der Waals surface area (Å²) in [5, 5.41) is 8.95. The standard InChI is InChI=1S/C11H14ClNO3/c1-3-4-7(2)16-10-9(12)5-8(6-13-10)11(14)15/h5-7H,3-4H2,1-2H3,(H,14,15). The molecule has 0 spiro atoms. The number of carboxylic acids is 1. The van der Waals surface area contributed by atoms with Gasteiger partial charge in [-0.1, -0.05) is 24.9 Å². The maximum absolute atomic E-state index is 10.6. The average molecular weight is 244 g/mol. The van der Waals surface area contributed by atoms with Gasteiger partial charge in [-0.25, -0.2) is 9.78 Å². The number of carboxylic acid groups (broad SMARTS) is 1. The van der Waals surface area contributed by atoms with Crippen molar-refractivity contribution in [3.8, 4) is 5.88 Å². The van der Waals surface area contributed by atoms with Crippen molar-refractivity contribution in [1.29, 1.82) is 0 Å². The number of aromatic nitrogens is 1. The number of nitrogens with zero attached hydrogens (tertiary/aromatic N) is 1. The molecule has 1 aromatic rings. The summed E-state index contributed by atoms with van der Waals surface area (Å²) in [4.78, 5) is 14.5. The van der Waals surface area contributed by atoms with Crippen LogP contribution < -0.4 is 4.74 Å². The zero-order valence-electron chi connectivity index (χ0n) is 9.24. The summed E-state index contributed by atoms with van der Waals surface area (Å²) in [6, 6.07) is 1.34. The molecule has 16 heavy (non-hydrogen) atoms. The predicted molar refractivity (Wildman–Crippen MR) is 61.2 cm³/mol. The Morgan fingerprint density at radius 3 is 2.88 bits per heavy atom. The van der Waals surface area contributed by atoms with Crippen LogP contribution in [-0.4, -0.2) is 22.2 Å². The lowest BCUT2D eigenvalue weighted by Crippen LogP contribution is -2.12. The van der Waals surface area contributed by atoms with Gasteiger partial charge in [-0.3, -0.25) is 0 Å². The van der Waals surface area contributed by atoms with E-state index in [0.717, 1.165) is 12.8 Å². The Balaban J connectivity index is 2.79. The molecule has 1 atom stereocenters. The van der Waals surface area contributed by atoms with Crippen LogP contribution in [0.3, 0.4) is 0 Å². The van der Waals surface area contributed by atoms with Crippen LogP contribution in [0.25, 0.3) is 0 Å². The minimum atomic E-state index is -1.05. The number of carbonyl (C=O) groups is 1. The first-order valence-corrected chi connectivity index (χ1v) is 5.48. The van der Waals surface area contributed by atoms with E-state index >= 15 is 0 Å². The molecule has 1 aromatic heterocycles. The molecule has 0 saturated carbocycles. The number of hydrogen-bond donors (Lipinski definition) is 1. The molecule has 1 heterocycles. The average Bonchev–Trinajstić information content (AvgIpc) is 2.21. The number of ether oxygens (including phenoxy) is 1. The van der Waals surface area contributed by atoms with E-state index in [9.17, 15) is 4.79 Å². The van der Waals surface area contributed by atoms with Crippen molar-refractivity contribution in [2.75, 3.05) is 0 Å². The molecule has 0 fully saturated rings. The van der Waals surface area contributed by atoms with E-state index in [2.05, 4.69) is 11.9 Å². The molecular weight excluding hydrogens is 230 g/mol. The van der Waals surface area contributed by atoms with Crippen molar-refractivity contribution in [1.82, 2.24) is 4.98 Å². The second-order valence-electron chi connectivity index (χ2n) is 3.53. The van der Waals surface area contributed by atoms with Crippen molar-refractivity contribution in [2.45, 2.75) is 32.8 Å². The van der Waals surface area contributed by atoms with Gasteiger partial charge >= 0.3 is 5.97 Å². The first-order valence-electron chi connectivity index (χ1n) is 5.10. The number of hydrogen-bond acceptors (Lipinski definition) is 3. The van der Waals surface area contributed by atoms with Gasteiger partial charge in [0.2, 0.25) is 5.88 Å². The molecule has 0 aliphatic rings. The summed E-state index contributed by atoms with van der Waals surface area (Å²) in [7, 11) is 0. The quantitative estimate of drug-likeness (QED) is 0.864. The van der Waals surface area contributed by atoms with Crippen molar-refractivity contribution in [3.05, 3.63) is 22.8 Å². The first-order chi connectivity index (χ1) is 7.54. The topological polar surface area (TPSA) is 59.4 Å². The van der Waals surface area contributed by atoms with E-state index in [1.807, 2.05) is 6.92 Å². The van der Waals surface area contributed by atoms with Gasteiger partial charge in [-0.05, 0) is 19.4 Å². The molecule has 0 saturated heterocycles. The summed E-state index contributed by atoms with van der Waals surface area (Å²) in [6.45, 7) is 3.98. The van der Waals surface area contributed by atoms with Gasteiger partial charge in [0.05, 0.1) is 11.7 Å². The van der Waals surface area contributed by atoms with E-state index in [1.165, 1.54) is 12.3 Å². The SMILES string of the molecule is CCCC(C)Oc1ncc(C(=O)O)cc1Cl. The van der Waals surface area contributed by atoms with E-state index in [4.69, 9.17) is 21.4 Å². The number of aromatic carboxylic acids is 1. The van der Waals surface area contributed by atoms with Gasteiger partial charge in [0, 0.05) is 6.20 Å². The summed E-state index contributed by atoms with van der Waals surface area (Å²) in [6.07, 6.45) is 3.16. The molecule has 4 nitrogen and oxygen atoms in total. The van der Waals surface area contributed by atoms with Crippen molar-refractivity contribution >= 4 is 17.6 Å².